The van der Waals surface area contributed by atoms with Gasteiger partial charge in [-0.15, -0.1) is 0 Å². The number of aliphatic hydroxyl groups excluding tert-OH is 1. The summed E-state index contributed by atoms with van der Waals surface area (Å²) < 4.78 is 49.0. The highest BCUT2D eigenvalue weighted by molar-refractivity contribution is 7.90. The summed E-state index contributed by atoms with van der Waals surface area (Å²) in [5, 5.41) is 17.5. The van der Waals surface area contributed by atoms with E-state index in [1.807, 2.05) is 6.07 Å². The highest BCUT2D eigenvalue weighted by Crippen LogP contribution is 2.39. The maximum absolute atomic E-state index is 14.0. The third-order valence-electron chi connectivity index (χ3n) is 5.71. The molecular weight excluding hydrogens is 481 g/mol. The van der Waals surface area contributed by atoms with Crippen LogP contribution < -0.4 is 4.72 Å². The van der Waals surface area contributed by atoms with Gasteiger partial charge < -0.3 is 9.84 Å². The van der Waals surface area contributed by atoms with Gasteiger partial charge in [-0.2, -0.15) is 5.26 Å². The Bertz CT molecular complexity index is 1360. The van der Waals surface area contributed by atoms with Crippen molar-refractivity contribution in [2.45, 2.75) is 37.2 Å². The maximum atomic E-state index is 14.0. The van der Waals surface area contributed by atoms with Crippen LogP contribution in [0, 0.1) is 11.3 Å². The van der Waals surface area contributed by atoms with E-state index in [2.05, 4.69) is 28.9 Å². The molecular formula is C27H28FN3O4S. The first-order valence-electron chi connectivity index (χ1n) is 11.2. The van der Waals surface area contributed by atoms with Gasteiger partial charge in [-0.3, -0.25) is 0 Å². The van der Waals surface area contributed by atoms with E-state index in [4.69, 9.17) is 10.00 Å². The van der Waals surface area contributed by atoms with E-state index in [0.29, 0.717) is 11.1 Å². The standard InChI is InChI=1S/C27H28FN3O4S/c1-5-7-23(18(2)28)24(14-15-32)30-26-31-36(33,34)25(27(3,4)35-26)21-12-10-20(11-13-21)22-9-6-8-19(16-22)17-29/h5-13,16,24-25,32H,1-2,14-15H2,3-4H3,(H,30,31)/b23-7+/t24-,25?/m0/s1. The number of rotatable bonds is 8. The minimum atomic E-state index is -4.01. The van der Waals surface area contributed by atoms with E-state index in [0.717, 1.165) is 11.1 Å². The van der Waals surface area contributed by atoms with Crippen molar-refractivity contribution >= 4 is 16.0 Å². The molecule has 0 amide bonds. The molecule has 2 N–H and O–H groups in total. The number of nitrogens with one attached hydrogen (secondary N) is 1. The summed E-state index contributed by atoms with van der Waals surface area (Å²) in [6, 6.07) is 15.0. The second kappa shape index (κ2) is 10.9. The van der Waals surface area contributed by atoms with Crippen LogP contribution in [0.1, 0.15) is 36.6 Å². The van der Waals surface area contributed by atoms with Crippen LogP contribution in [-0.2, 0) is 14.8 Å². The number of aliphatic hydroxyl groups is 1. The van der Waals surface area contributed by atoms with Gasteiger partial charge in [0.15, 0.2) is 0 Å². The van der Waals surface area contributed by atoms with Gasteiger partial charge in [-0.1, -0.05) is 61.7 Å². The first kappa shape index (κ1) is 26.9. The molecule has 1 aliphatic rings. The summed E-state index contributed by atoms with van der Waals surface area (Å²) >= 11 is 0. The van der Waals surface area contributed by atoms with Crippen molar-refractivity contribution in [1.29, 1.82) is 5.26 Å². The third kappa shape index (κ3) is 5.90. The predicted octanol–water partition coefficient (Wildman–Crippen LogP) is 4.70. The molecule has 2 aromatic rings. The van der Waals surface area contributed by atoms with Crippen LogP contribution in [0.2, 0.25) is 0 Å². The zero-order chi connectivity index (χ0) is 26.5. The molecule has 1 unspecified atom stereocenters. The Morgan fingerprint density at radius 1 is 1.31 bits per heavy atom. The van der Waals surface area contributed by atoms with Crippen LogP contribution in [0.15, 0.2) is 90.2 Å². The van der Waals surface area contributed by atoms with Gasteiger partial charge in [0.05, 0.1) is 17.7 Å². The number of halogens is 1. The summed E-state index contributed by atoms with van der Waals surface area (Å²) in [4.78, 5) is 4.26. The van der Waals surface area contributed by atoms with Crippen molar-refractivity contribution in [2.24, 2.45) is 4.99 Å². The number of hydrogen-bond acceptors (Lipinski definition) is 6. The van der Waals surface area contributed by atoms with E-state index >= 15 is 0 Å². The molecule has 0 bridgehead atoms. The number of nitrogens with zero attached hydrogens (tertiary/aromatic N) is 2. The molecule has 7 nitrogen and oxygen atoms in total. The normalized spacial score (nSPS) is 20.5. The molecule has 1 aliphatic heterocycles. The average Bonchev–Trinajstić information content (AvgIpc) is 2.81. The molecule has 2 atom stereocenters. The van der Waals surface area contributed by atoms with E-state index in [9.17, 15) is 17.9 Å². The lowest BCUT2D eigenvalue weighted by atomic mass is 9.95. The molecule has 0 radical (unpaired) electrons. The first-order chi connectivity index (χ1) is 17.0. The number of hydrogen-bond donors (Lipinski definition) is 2. The summed E-state index contributed by atoms with van der Waals surface area (Å²) in [7, 11) is -4.01. The number of nitriles is 1. The summed E-state index contributed by atoms with van der Waals surface area (Å²) in [6.07, 6.45) is 2.75. The molecule has 36 heavy (non-hydrogen) atoms. The van der Waals surface area contributed by atoms with Crippen molar-refractivity contribution in [3.05, 3.63) is 96.4 Å². The Morgan fingerprint density at radius 2 is 2.00 bits per heavy atom. The Morgan fingerprint density at radius 3 is 2.56 bits per heavy atom. The fourth-order valence-electron chi connectivity index (χ4n) is 4.19. The Balaban J connectivity index is 1.94. The number of aliphatic imine (C=N–C) groups is 1. The minimum Gasteiger partial charge on any atom is -0.457 e. The van der Waals surface area contributed by atoms with E-state index < -0.39 is 32.7 Å². The van der Waals surface area contributed by atoms with Gasteiger partial charge in [-0.05, 0) is 49.1 Å². The Hall–Kier alpha value is -3.74. The highest BCUT2D eigenvalue weighted by Gasteiger charge is 2.48. The van der Waals surface area contributed by atoms with Gasteiger partial charge in [-0.25, -0.2) is 22.5 Å². The molecule has 3 rings (SSSR count). The fourth-order valence-corrected chi connectivity index (χ4v) is 5.96. The Kier molecular flexibility index (Phi) is 8.13. The first-order valence-corrected chi connectivity index (χ1v) is 12.7. The van der Waals surface area contributed by atoms with Gasteiger partial charge in [0, 0.05) is 12.2 Å². The van der Waals surface area contributed by atoms with E-state index in [1.165, 1.54) is 12.2 Å². The molecule has 1 heterocycles. The molecule has 2 aromatic carbocycles. The quantitative estimate of drug-likeness (QED) is 0.501. The monoisotopic (exact) mass is 509 g/mol. The van der Waals surface area contributed by atoms with Crippen molar-refractivity contribution < 1.29 is 22.7 Å². The minimum absolute atomic E-state index is 0.0233. The lowest BCUT2D eigenvalue weighted by Crippen LogP contribution is -2.53. The molecule has 0 aliphatic carbocycles. The van der Waals surface area contributed by atoms with Crippen LogP contribution in [0.4, 0.5) is 4.39 Å². The van der Waals surface area contributed by atoms with Crippen molar-refractivity contribution in [2.75, 3.05) is 6.61 Å². The smallest absolute Gasteiger partial charge is 0.299 e. The Labute approximate surface area is 211 Å². The number of sulfonamides is 1. The summed E-state index contributed by atoms with van der Waals surface area (Å²) in [5.74, 6) is -0.770. The maximum Gasteiger partial charge on any atom is 0.299 e. The third-order valence-corrected chi connectivity index (χ3v) is 7.63. The molecule has 9 heteroatoms. The van der Waals surface area contributed by atoms with Crippen LogP contribution >= 0.6 is 0 Å². The van der Waals surface area contributed by atoms with Gasteiger partial charge >= 0.3 is 0 Å². The highest BCUT2D eigenvalue weighted by atomic mass is 32.2. The molecule has 0 spiro atoms. The number of ether oxygens (including phenoxy) is 1. The molecule has 1 fully saturated rings. The van der Waals surface area contributed by atoms with Crippen molar-refractivity contribution in [3.8, 4) is 17.2 Å². The lowest BCUT2D eigenvalue weighted by molar-refractivity contribution is 0.0761. The predicted molar refractivity (Wildman–Crippen MR) is 138 cm³/mol. The summed E-state index contributed by atoms with van der Waals surface area (Å²) in [6.45, 7) is 9.78. The SMILES string of the molecule is C=C/C=C(\C(=C)F)[C@H](CCO)N=C1NS(=O)(=O)C(c2ccc(-c3cccc(C#N)c3)cc2)C(C)(C)O1. The second-order valence-corrected chi connectivity index (χ2v) is 10.5. The van der Waals surface area contributed by atoms with Gasteiger partial charge in [0.1, 0.15) is 16.7 Å². The van der Waals surface area contributed by atoms with Gasteiger partial charge in [0.25, 0.3) is 6.02 Å². The number of amidine groups is 1. The zero-order valence-corrected chi connectivity index (χ0v) is 20.9. The zero-order valence-electron chi connectivity index (χ0n) is 20.1. The van der Waals surface area contributed by atoms with Gasteiger partial charge in [0.2, 0.25) is 10.0 Å². The van der Waals surface area contributed by atoms with Crippen LogP contribution in [0.3, 0.4) is 0 Å². The molecule has 0 saturated carbocycles. The fraction of sp³-hybridized carbons (Fsp3) is 0.259. The van der Waals surface area contributed by atoms with Crippen molar-refractivity contribution in [1.82, 2.24) is 4.72 Å². The van der Waals surface area contributed by atoms with Crippen molar-refractivity contribution in [3.63, 3.8) is 0 Å². The summed E-state index contributed by atoms with van der Waals surface area (Å²) in [5.41, 5.74) is 1.53. The largest absolute Gasteiger partial charge is 0.457 e. The van der Waals surface area contributed by atoms with Crippen LogP contribution in [0.25, 0.3) is 11.1 Å². The molecule has 188 valence electrons. The number of allylic oxidation sites excluding steroid dienone is 2. The topological polar surface area (TPSA) is 112 Å². The van der Waals surface area contributed by atoms with E-state index in [1.54, 1.807) is 56.3 Å². The van der Waals surface area contributed by atoms with Crippen LogP contribution in [0.5, 0.6) is 0 Å². The molecule has 1 saturated heterocycles. The van der Waals surface area contributed by atoms with Crippen LogP contribution in [-0.4, -0.2) is 37.8 Å². The molecule has 0 aromatic heterocycles. The van der Waals surface area contributed by atoms with E-state index in [-0.39, 0.29) is 24.6 Å². The lowest BCUT2D eigenvalue weighted by Gasteiger charge is -2.39. The number of benzene rings is 2. The average molecular weight is 510 g/mol. The second-order valence-electron chi connectivity index (χ2n) is 8.77.